The van der Waals surface area contributed by atoms with Gasteiger partial charge in [-0.1, -0.05) is 0 Å². The molecule has 1 aliphatic heterocycles. The van der Waals surface area contributed by atoms with Gasteiger partial charge < -0.3 is 20.7 Å². The number of hydrogen-bond acceptors (Lipinski definition) is 10. The molecule has 28 heavy (non-hydrogen) atoms. The number of morpholine rings is 1. The second kappa shape index (κ2) is 8.57. The van der Waals surface area contributed by atoms with Crippen molar-refractivity contribution in [2.24, 2.45) is 0 Å². The van der Waals surface area contributed by atoms with Crippen LogP contribution in [0, 0.1) is 22.7 Å². The van der Waals surface area contributed by atoms with E-state index in [2.05, 4.69) is 42.2 Å². The molecule has 2 aromatic heterocycles. The second-order valence-electron chi connectivity index (χ2n) is 6.83. The van der Waals surface area contributed by atoms with Crippen molar-refractivity contribution in [3.05, 3.63) is 29.8 Å². The van der Waals surface area contributed by atoms with Gasteiger partial charge in [0.1, 0.15) is 17.6 Å². The number of anilines is 3. The SMILES string of the molecule is CC(C)(C#N)c1nnc(Nc2cnc(C#N)cn2)cc1NCC1CNCCO1. The Kier molecular flexibility index (Phi) is 5.94. The van der Waals surface area contributed by atoms with Crippen LogP contribution in [0.4, 0.5) is 17.3 Å². The van der Waals surface area contributed by atoms with Gasteiger partial charge in [-0.3, -0.25) is 0 Å². The number of ether oxygens (including phenoxy) is 1. The molecule has 0 aromatic carbocycles. The van der Waals surface area contributed by atoms with Crippen LogP contribution in [0.15, 0.2) is 18.5 Å². The third kappa shape index (κ3) is 4.68. The average molecular weight is 379 g/mol. The first-order valence-electron chi connectivity index (χ1n) is 8.86. The molecule has 0 spiro atoms. The zero-order chi connectivity index (χ0) is 20.0. The summed E-state index contributed by atoms with van der Waals surface area (Å²) in [6.07, 6.45) is 2.85. The fourth-order valence-corrected chi connectivity index (χ4v) is 2.66. The summed E-state index contributed by atoms with van der Waals surface area (Å²) in [6, 6.07) is 5.95. The van der Waals surface area contributed by atoms with Crippen LogP contribution in [0.25, 0.3) is 0 Å². The third-order valence-corrected chi connectivity index (χ3v) is 4.21. The van der Waals surface area contributed by atoms with Gasteiger partial charge in [0.05, 0.1) is 42.3 Å². The highest BCUT2D eigenvalue weighted by Crippen LogP contribution is 2.29. The normalized spacial score (nSPS) is 16.6. The van der Waals surface area contributed by atoms with Crippen molar-refractivity contribution in [2.75, 3.05) is 36.9 Å². The van der Waals surface area contributed by atoms with Crippen molar-refractivity contribution in [1.29, 1.82) is 10.5 Å². The fourth-order valence-electron chi connectivity index (χ4n) is 2.66. The third-order valence-electron chi connectivity index (χ3n) is 4.21. The molecule has 0 amide bonds. The van der Waals surface area contributed by atoms with Crippen LogP contribution in [-0.4, -0.2) is 52.5 Å². The van der Waals surface area contributed by atoms with Gasteiger partial charge in [0.25, 0.3) is 0 Å². The van der Waals surface area contributed by atoms with E-state index in [0.29, 0.717) is 36.2 Å². The van der Waals surface area contributed by atoms with Gasteiger partial charge >= 0.3 is 0 Å². The second-order valence-corrected chi connectivity index (χ2v) is 6.83. The maximum Gasteiger partial charge on any atom is 0.158 e. The molecule has 0 aliphatic carbocycles. The molecule has 1 fully saturated rings. The van der Waals surface area contributed by atoms with Gasteiger partial charge in [-0.15, -0.1) is 10.2 Å². The summed E-state index contributed by atoms with van der Waals surface area (Å²) in [4.78, 5) is 8.08. The van der Waals surface area contributed by atoms with E-state index in [1.807, 2.05) is 6.07 Å². The van der Waals surface area contributed by atoms with Crippen LogP contribution < -0.4 is 16.0 Å². The number of nitrogens with zero attached hydrogens (tertiary/aromatic N) is 6. The van der Waals surface area contributed by atoms with E-state index in [9.17, 15) is 5.26 Å². The first-order valence-corrected chi connectivity index (χ1v) is 8.86. The Morgan fingerprint density at radius 1 is 1.25 bits per heavy atom. The lowest BCUT2D eigenvalue weighted by atomic mass is 9.90. The zero-order valence-electron chi connectivity index (χ0n) is 15.7. The van der Waals surface area contributed by atoms with Gasteiger partial charge in [0.15, 0.2) is 11.5 Å². The van der Waals surface area contributed by atoms with Crippen LogP contribution in [0.3, 0.4) is 0 Å². The molecule has 3 rings (SSSR count). The highest BCUT2D eigenvalue weighted by atomic mass is 16.5. The van der Waals surface area contributed by atoms with Crippen molar-refractivity contribution in [1.82, 2.24) is 25.5 Å². The molecule has 3 heterocycles. The highest BCUT2D eigenvalue weighted by Gasteiger charge is 2.27. The topological polar surface area (TPSA) is 144 Å². The summed E-state index contributed by atoms with van der Waals surface area (Å²) in [5.41, 5.74) is 0.662. The van der Waals surface area contributed by atoms with Gasteiger partial charge in [-0.05, 0) is 13.8 Å². The summed E-state index contributed by atoms with van der Waals surface area (Å²) >= 11 is 0. The highest BCUT2D eigenvalue weighted by molar-refractivity contribution is 5.61. The van der Waals surface area contributed by atoms with Gasteiger partial charge in [0, 0.05) is 25.7 Å². The van der Waals surface area contributed by atoms with Gasteiger partial charge in [0.2, 0.25) is 0 Å². The van der Waals surface area contributed by atoms with Crippen LogP contribution in [0.5, 0.6) is 0 Å². The summed E-state index contributed by atoms with van der Waals surface area (Å²) < 4.78 is 5.71. The largest absolute Gasteiger partial charge is 0.381 e. The Morgan fingerprint density at radius 3 is 2.75 bits per heavy atom. The predicted octanol–water partition coefficient (Wildman–Crippen LogP) is 1.08. The molecule has 3 N–H and O–H groups in total. The molecule has 0 bridgehead atoms. The lowest BCUT2D eigenvalue weighted by Crippen LogP contribution is -2.42. The van der Waals surface area contributed by atoms with E-state index in [1.165, 1.54) is 12.4 Å². The smallest absolute Gasteiger partial charge is 0.158 e. The molecular weight excluding hydrogens is 358 g/mol. The predicted molar refractivity (Wildman–Crippen MR) is 102 cm³/mol. The van der Waals surface area contributed by atoms with Crippen LogP contribution in [-0.2, 0) is 10.2 Å². The minimum Gasteiger partial charge on any atom is -0.381 e. The molecule has 0 radical (unpaired) electrons. The fraction of sp³-hybridized carbons (Fsp3) is 0.444. The van der Waals surface area contributed by atoms with Crippen LogP contribution in [0.2, 0.25) is 0 Å². The standard InChI is InChI=1S/C18H21N9O/c1-18(2,11-20)17-14(23-9-13-8-21-3-4-28-13)5-15(26-27-17)25-16-10-22-12(6-19)7-24-16/h5,7,10,13,21H,3-4,8-9H2,1-2H3,(H2,23,24,25,26). The van der Waals surface area contributed by atoms with Crippen molar-refractivity contribution in [3.8, 4) is 12.1 Å². The van der Waals surface area contributed by atoms with Crippen LogP contribution in [0.1, 0.15) is 25.2 Å². The molecule has 0 saturated carbocycles. The summed E-state index contributed by atoms with van der Waals surface area (Å²) in [6.45, 7) is 6.43. The average Bonchev–Trinajstić information content (AvgIpc) is 2.73. The molecule has 1 unspecified atom stereocenters. The first-order chi connectivity index (χ1) is 13.5. The van der Waals surface area contributed by atoms with Crippen molar-refractivity contribution < 1.29 is 4.74 Å². The minimum absolute atomic E-state index is 0.0285. The number of nitrogens with one attached hydrogen (secondary N) is 3. The molecule has 10 nitrogen and oxygen atoms in total. The van der Waals surface area contributed by atoms with Gasteiger partial charge in [-0.25, -0.2) is 9.97 Å². The zero-order valence-corrected chi connectivity index (χ0v) is 15.7. The van der Waals surface area contributed by atoms with E-state index >= 15 is 0 Å². The van der Waals surface area contributed by atoms with E-state index in [4.69, 9.17) is 10.00 Å². The summed E-state index contributed by atoms with van der Waals surface area (Å²) in [5, 5.41) is 36.3. The summed E-state index contributed by atoms with van der Waals surface area (Å²) in [7, 11) is 0. The Labute approximate surface area is 163 Å². The maximum absolute atomic E-state index is 9.50. The first kappa shape index (κ1) is 19.4. The lowest BCUT2D eigenvalue weighted by molar-refractivity contribution is 0.0372. The quantitative estimate of drug-likeness (QED) is 0.666. The van der Waals surface area contributed by atoms with E-state index in [1.54, 1.807) is 19.9 Å². The molecule has 1 atom stereocenters. The molecule has 1 aliphatic rings. The van der Waals surface area contributed by atoms with Crippen LogP contribution >= 0.6 is 0 Å². The summed E-state index contributed by atoms with van der Waals surface area (Å²) in [5.74, 6) is 0.882. The monoisotopic (exact) mass is 379 g/mol. The molecule has 10 heteroatoms. The van der Waals surface area contributed by atoms with Crippen molar-refractivity contribution in [3.63, 3.8) is 0 Å². The van der Waals surface area contributed by atoms with E-state index < -0.39 is 5.41 Å². The molecule has 144 valence electrons. The van der Waals surface area contributed by atoms with E-state index in [-0.39, 0.29) is 11.8 Å². The minimum atomic E-state index is -0.812. The number of aromatic nitrogens is 4. The Morgan fingerprint density at radius 2 is 2.11 bits per heavy atom. The number of nitriles is 2. The molecule has 1 saturated heterocycles. The maximum atomic E-state index is 9.50. The molecular formula is C18H21N9O. The Bertz CT molecular complexity index is 893. The number of rotatable bonds is 6. The Balaban J connectivity index is 1.81. The van der Waals surface area contributed by atoms with E-state index in [0.717, 1.165) is 13.1 Å². The lowest BCUT2D eigenvalue weighted by Gasteiger charge is -2.26. The molecule has 2 aromatic rings. The van der Waals surface area contributed by atoms with Gasteiger partial charge in [-0.2, -0.15) is 10.5 Å². The Hall–Kier alpha value is -3.34. The number of hydrogen-bond donors (Lipinski definition) is 3. The van der Waals surface area contributed by atoms with Crippen molar-refractivity contribution >= 4 is 17.3 Å². The van der Waals surface area contributed by atoms with Crippen molar-refractivity contribution in [2.45, 2.75) is 25.4 Å².